The minimum Gasteiger partial charge on any atom is -0.493 e. The summed E-state index contributed by atoms with van der Waals surface area (Å²) >= 11 is 0. The maximum atomic E-state index is 9.10. The van der Waals surface area contributed by atoms with E-state index in [1.807, 2.05) is 0 Å². The standard InChI is InChI=1S/C18H30N2O.C2H2O4/c1-3-16(2)17-8-4-5-9-18(17)21-15-7-6-12-20-13-10-19-11-14-20;3-1(4)2(5)6/h4-5,8-9,16,19H,3,6-7,10-15H2,1-2H3;(H,3,4)(H,5,6). The number of carboxylic acid groups (broad SMARTS) is 2. The zero-order valence-electron chi connectivity index (χ0n) is 16.3. The molecule has 0 aromatic heterocycles. The molecule has 1 atom stereocenters. The van der Waals surface area contributed by atoms with Gasteiger partial charge in [0.25, 0.3) is 0 Å². The van der Waals surface area contributed by atoms with Gasteiger partial charge in [0.2, 0.25) is 0 Å². The largest absolute Gasteiger partial charge is 0.493 e. The van der Waals surface area contributed by atoms with Gasteiger partial charge in [0.05, 0.1) is 6.61 Å². The van der Waals surface area contributed by atoms with Gasteiger partial charge in [-0.2, -0.15) is 0 Å². The Hall–Kier alpha value is -2.12. The van der Waals surface area contributed by atoms with Crippen molar-refractivity contribution in [2.75, 3.05) is 39.3 Å². The van der Waals surface area contributed by atoms with Crippen molar-refractivity contribution in [1.29, 1.82) is 0 Å². The minimum absolute atomic E-state index is 0.571. The zero-order valence-corrected chi connectivity index (χ0v) is 16.3. The monoisotopic (exact) mass is 380 g/mol. The Morgan fingerprint density at radius 3 is 2.37 bits per heavy atom. The fraction of sp³-hybridized carbons (Fsp3) is 0.600. The minimum atomic E-state index is -1.82. The van der Waals surface area contributed by atoms with Crippen LogP contribution in [0.1, 0.15) is 44.6 Å². The van der Waals surface area contributed by atoms with Crippen LogP contribution in [0.4, 0.5) is 0 Å². The normalized spacial score (nSPS) is 15.3. The lowest BCUT2D eigenvalue weighted by atomic mass is 9.98. The molecule has 2 rings (SSSR count). The number of nitrogens with one attached hydrogen (secondary N) is 1. The Bertz CT molecular complexity index is 561. The number of hydrogen-bond acceptors (Lipinski definition) is 5. The fourth-order valence-electron chi connectivity index (χ4n) is 2.79. The van der Waals surface area contributed by atoms with Gasteiger partial charge < -0.3 is 25.2 Å². The van der Waals surface area contributed by atoms with Gasteiger partial charge in [-0.05, 0) is 43.4 Å². The number of piperazine rings is 1. The lowest BCUT2D eigenvalue weighted by Crippen LogP contribution is -2.43. The number of hydrogen-bond donors (Lipinski definition) is 3. The Morgan fingerprint density at radius 1 is 1.15 bits per heavy atom. The summed E-state index contributed by atoms with van der Waals surface area (Å²) in [6.45, 7) is 11.2. The molecular formula is C20H32N2O5. The number of carbonyl (C=O) groups is 2. The van der Waals surface area contributed by atoms with E-state index in [-0.39, 0.29) is 0 Å². The SMILES string of the molecule is CCC(C)c1ccccc1OCCCCN1CCNCC1.O=C(O)C(=O)O. The number of para-hydroxylation sites is 1. The van der Waals surface area contributed by atoms with Gasteiger partial charge in [-0.15, -0.1) is 0 Å². The number of rotatable bonds is 8. The second-order valence-corrected chi connectivity index (χ2v) is 6.60. The molecule has 1 saturated heterocycles. The first kappa shape index (κ1) is 22.9. The van der Waals surface area contributed by atoms with Crippen LogP contribution in [0.5, 0.6) is 5.75 Å². The van der Waals surface area contributed by atoms with E-state index < -0.39 is 11.9 Å². The molecule has 7 heteroatoms. The Labute approximate surface area is 161 Å². The van der Waals surface area contributed by atoms with E-state index in [4.69, 9.17) is 24.5 Å². The summed E-state index contributed by atoms with van der Waals surface area (Å²) in [5.41, 5.74) is 1.35. The number of carboxylic acids is 2. The summed E-state index contributed by atoms with van der Waals surface area (Å²) in [6, 6.07) is 8.49. The number of unbranched alkanes of at least 4 members (excludes halogenated alkanes) is 1. The maximum absolute atomic E-state index is 9.10. The summed E-state index contributed by atoms with van der Waals surface area (Å²) in [5, 5.41) is 18.2. The van der Waals surface area contributed by atoms with Crippen LogP contribution in [0.25, 0.3) is 0 Å². The van der Waals surface area contributed by atoms with Crippen LogP contribution in [-0.4, -0.2) is 66.4 Å². The van der Waals surface area contributed by atoms with Crippen LogP contribution in [0.3, 0.4) is 0 Å². The maximum Gasteiger partial charge on any atom is 0.414 e. The van der Waals surface area contributed by atoms with Gasteiger partial charge in [0.1, 0.15) is 5.75 Å². The van der Waals surface area contributed by atoms with Crippen molar-refractivity contribution in [3.8, 4) is 5.75 Å². The second kappa shape index (κ2) is 13.1. The summed E-state index contributed by atoms with van der Waals surface area (Å²) in [5.74, 6) is -2.00. The summed E-state index contributed by atoms with van der Waals surface area (Å²) in [6.07, 6.45) is 3.52. The smallest absolute Gasteiger partial charge is 0.414 e. The molecule has 1 fully saturated rings. The highest BCUT2D eigenvalue weighted by atomic mass is 16.5. The van der Waals surface area contributed by atoms with Crippen molar-refractivity contribution >= 4 is 11.9 Å². The first-order chi connectivity index (χ1) is 13.0. The zero-order chi connectivity index (χ0) is 20.1. The van der Waals surface area contributed by atoms with Gasteiger partial charge in [0.15, 0.2) is 0 Å². The number of ether oxygens (including phenoxy) is 1. The predicted molar refractivity (Wildman–Crippen MR) is 104 cm³/mol. The molecule has 0 bridgehead atoms. The van der Waals surface area contributed by atoms with Crippen molar-refractivity contribution < 1.29 is 24.5 Å². The fourth-order valence-corrected chi connectivity index (χ4v) is 2.79. The lowest BCUT2D eigenvalue weighted by Gasteiger charge is -2.27. The van der Waals surface area contributed by atoms with Crippen molar-refractivity contribution in [3.63, 3.8) is 0 Å². The number of aliphatic carboxylic acids is 2. The third kappa shape index (κ3) is 9.40. The highest BCUT2D eigenvalue weighted by molar-refractivity contribution is 6.27. The van der Waals surface area contributed by atoms with E-state index in [1.165, 1.54) is 31.6 Å². The molecule has 1 heterocycles. The quantitative estimate of drug-likeness (QED) is 0.470. The molecule has 0 saturated carbocycles. The molecule has 0 amide bonds. The van der Waals surface area contributed by atoms with Gasteiger partial charge in [0, 0.05) is 26.2 Å². The van der Waals surface area contributed by atoms with E-state index in [2.05, 4.69) is 48.3 Å². The van der Waals surface area contributed by atoms with Crippen LogP contribution in [0.2, 0.25) is 0 Å². The van der Waals surface area contributed by atoms with Crippen LogP contribution >= 0.6 is 0 Å². The van der Waals surface area contributed by atoms with Crippen molar-refractivity contribution in [3.05, 3.63) is 29.8 Å². The summed E-state index contributed by atoms with van der Waals surface area (Å²) in [4.78, 5) is 20.7. The van der Waals surface area contributed by atoms with E-state index >= 15 is 0 Å². The molecular weight excluding hydrogens is 348 g/mol. The molecule has 1 aliphatic heterocycles. The first-order valence-electron chi connectivity index (χ1n) is 9.56. The Morgan fingerprint density at radius 2 is 1.78 bits per heavy atom. The summed E-state index contributed by atoms with van der Waals surface area (Å²) < 4.78 is 6.02. The topological polar surface area (TPSA) is 99.1 Å². The molecule has 0 spiro atoms. The van der Waals surface area contributed by atoms with E-state index in [1.54, 1.807) is 0 Å². The molecule has 7 nitrogen and oxygen atoms in total. The van der Waals surface area contributed by atoms with Crippen LogP contribution in [-0.2, 0) is 9.59 Å². The van der Waals surface area contributed by atoms with Crippen molar-refractivity contribution in [1.82, 2.24) is 10.2 Å². The van der Waals surface area contributed by atoms with Crippen LogP contribution in [0, 0.1) is 0 Å². The summed E-state index contributed by atoms with van der Waals surface area (Å²) in [7, 11) is 0. The molecule has 0 aliphatic carbocycles. The molecule has 0 radical (unpaired) electrons. The second-order valence-electron chi connectivity index (χ2n) is 6.60. The number of nitrogens with zero attached hydrogens (tertiary/aromatic N) is 1. The molecule has 1 aliphatic rings. The average molecular weight is 380 g/mol. The van der Waals surface area contributed by atoms with E-state index in [0.29, 0.717) is 5.92 Å². The highest BCUT2D eigenvalue weighted by Crippen LogP contribution is 2.28. The average Bonchev–Trinajstić information content (AvgIpc) is 2.68. The van der Waals surface area contributed by atoms with E-state index in [9.17, 15) is 0 Å². The molecule has 1 aromatic rings. The van der Waals surface area contributed by atoms with Crippen LogP contribution < -0.4 is 10.1 Å². The van der Waals surface area contributed by atoms with Crippen molar-refractivity contribution in [2.24, 2.45) is 0 Å². The Balaban J connectivity index is 0.000000527. The lowest BCUT2D eigenvalue weighted by molar-refractivity contribution is -0.159. The predicted octanol–water partition coefficient (Wildman–Crippen LogP) is 2.42. The van der Waals surface area contributed by atoms with E-state index in [0.717, 1.165) is 38.3 Å². The molecule has 27 heavy (non-hydrogen) atoms. The molecule has 1 unspecified atom stereocenters. The van der Waals surface area contributed by atoms with Gasteiger partial charge in [-0.1, -0.05) is 32.0 Å². The van der Waals surface area contributed by atoms with Gasteiger partial charge >= 0.3 is 11.9 Å². The molecule has 1 aromatic carbocycles. The Kier molecular flexibility index (Phi) is 11.1. The molecule has 3 N–H and O–H groups in total. The third-order valence-electron chi connectivity index (χ3n) is 4.58. The highest BCUT2D eigenvalue weighted by Gasteiger charge is 2.10. The first-order valence-corrected chi connectivity index (χ1v) is 9.56. The number of benzene rings is 1. The van der Waals surface area contributed by atoms with Crippen LogP contribution in [0.15, 0.2) is 24.3 Å². The van der Waals surface area contributed by atoms with Gasteiger partial charge in [-0.3, -0.25) is 0 Å². The third-order valence-corrected chi connectivity index (χ3v) is 4.58. The molecule has 152 valence electrons. The van der Waals surface area contributed by atoms with Crippen molar-refractivity contribution in [2.45, 2.75) is 39.0 Å². The van der Waals surface area contributed by atoms with Gasteiger partial charge in [-0.25, -0.2) is 9.59 Å².